The number of benzene rings is 2. The highest BCUT2D eigenvalue weighted by atomic mass is 35.5. The van der Waals surface area contributed by atoms with E-state index in [2.05, 4.69) is 13.8 Å². The molecule has 29 heavy (non-hydrogen) atoms. The number of thiazole rings is 1. The van der Waals surface area contributed by atoms with Crippen LogP contribution in [0.1, 0.15) is 37.0 Å². The lowest BCUT2D eigenvalue weighted by Crippen LogP contribution is -2.37. The number of amides is 1. The molecule has 2 aromatic carbocycles. The van der Waals surface area contributed by atoms with Crippen LogP contribution in [-0.4, -0.2) is 35.4 Å². The monoisotopic (exact) mass is 446 g/mol. The lowest BCUT2D eigenvalue weighted by molar-refractivity contribution is 0.0917. The smallest absolute Gasteiger partial charge is 0.260 e. The van der Waals surface area contributed by atoms with Crippen molar-refractivity contribution < 1.29 is 9.53 Å². The Morgan fingerprint density at radius 3 is 2.97 bits per heavy atom. The third-order valence-electron chi connectivity index (χ3n) is 4.68. The third kappa shape index (κ3) is 4.94. The molecule has 1 amide bonds. The number of nitrogens with zero attached hydrogens (tertiary/aromatic N) is 2. The van der Waals surface area contributed by atoms with Gasteiger partial charge in [0.1, 0.15) is 0 Å². The number of rotatable bonds is 6. The first-order chi connectivity index (χ1) is 14.0. The van der Waals surface area contributed by atoms with Crippen LogP contribution in [0.5, 0.6) is 0 Å². The first kappa shape index (κ1) is 20.7. The average molecular weight is 447 g/mol. The van der Waals surface area contributed by atoms with Crippen LogP contribution >= 0.6 is 34.7 Å². The molecular weight excluding hydrogens is 424 g/mol. The number of thioether (sulfide) groups is 1. The van der Waals surface area contributed by atoms with Crippen molar-refractivity contribution >= 4 is 56.0 Å². The Morgan fingerprint density at radius 2 is 2.21 bits per heavy atom. The predicted molar refractivity (Wildman–Crippen MR) is 123 cm³/mol. The molecule has 1 unspecified atom stereocenters. The number of hydrogen-bond acceptors (Lipinski definition) is 5. The first-order valence-corrected chi connectivity index (χ1v) is 11.8. The molecule has 152 valence electrons. The molecule has 1 aliphatic rings. The van der Waals surface area contributed by atoms with Crippen molar-refractivity contribution in [2.24, 2.45) is 0 Å². The van der Waals surface area contributed by atoms with Gasteiger partial charge in [0.25, 0.3) is 5.91 Å². The van der Waals surface area contributed by atoms with Crippen molar-refractivity contribution in [3.63, 3.8) is 0 Å². The van der Waals surface area contributed by atoms with Gasteiger partial charge in [0.15, 0.2) is 5.13 Å². The van der Waals surface area contributed by atoms with Crippen molar-refractivity contribution in [1.82, 2.24) is 4.98 Å². The number of ether oxygens (including phenoxy) is 1. The molecule has 4 nitrogen and oxygen atoms in total. The molecule has 3 aromatic rings. The fraction of sp³-hybridized carbons (Fsp3) is 0.364. The molecule has 0 bridgehead atoms. The zero-order chi connectivity index (χ0) is 20.4. The average Bonchev–Trinajstić information content (AvgIpc) is 3.34. The second-order valence-electron chi connectivity index (χ2n) is 7.35. The molecule has 0 radical (unpaired) electrons. The molecule has 1 aliphatic heterocycles. The SMILES string of the molecule is CC(C)Sc1cccc(C(=O)N(CC2CCCO2)c2nc3ccc(Cl)cc3s2)c1. The number of fused-ring (bicyclic) bond motifs is 1. The van der Waals surface area contributed by atoms with Crippen molar-refractivity contribution in [1.29, 1.82) is 0 Å². The van der Waals surface area contributed by atoms with Crippen molar-refractivity contribution in [3.05, 3.63) is 53.1 Å². The van der Waals surface area contributed by atoms with E-state index < -0.39 is 0 Å². The van der Waals surface area contributed by atoms with E-state index in [4.69, 9.17) is 21.3 Å². The summed E-state index contributed by atoms with van der Waals surface area (Å²) in [7, 11) is 0. The summed E-state index contributed by atoms with van der Waals surface area (Å²) in [6, 6.07) is 13.5. The number of halogens is 1. The molecule has 4 rings (SSSR count). The van der Waals surface area contributed by atoms with Crippen molar-refractivity contribution in [2.45, 2.75) is 42.9 Å². The summed E-state index contributed by atoms with van der Waals surface area (Å²) in [6.45, 7) is 5.56. The highest BCUT2D eigenvalue weighted by molar-refractivity contribution is 7.99. The Labute approximate surface area is 184 Å². The van der Waals surface area contributed by atoms with Gasteiger partial charge < -0.3 is 4.74 Å². The van der Waals surface area contributed by atoms with E-state index in [0.717, 1.165) is 34.6 Å². The topological polar surface area (TPSA) is 42.4 Å². The molecular formula is C22H23ClN2O2S2. The van der Waals surface area contributed by atoms with Crippen LogP contribution in [0.2, 0.25) is 5.02 Å². The summed E-state index contributed by atoms with van der Waals surface area (Å²) in [5.74, 6) is -0.0446. The zero-order valence-electron chi connectivity index (χ0n) is 16.4. The summed E-state index contributed by atoms with van der Waals surface area (Å²) >= 11 is 9.38. The van der Waals surface area contributed by atoms with Gasteiger partial charge in [-0.2, -0.15) is 0 Å². The molecule has 1 saturated heterocycles. The Kier molecular flexibility index (Phi) is 6.44. The van der Waals surface area contributed by atoms with E-state index in [0.29, 0.717) is 27.5 Å². The first-order valence-electron chi connectivity index (χ1n) is 9.76. The van der Waals surface area contributed by atoms with E-state index in [1.54, 1.807) is 16.7 Å². The normalized spacial score (nSPS) is 16.6. The van der Waals surface area contributed by atoms with Gasteiger partial charge in [-0.05, 0) is 49.2 Å². The van der Waals surface area contributed by atoms with Crippen LogP contribution in [0.15, 0.2) is 47.4 Å². The summed E-state index contributed by atoms with van der Waals surface area (Å²) in [5, 5.41) is 1.81. The Bertz CT molecular complexity index is 1010. The van der Waals surface area contributed by atoms with Crippen LogP contribution in [0, 0.1) is 0 Å². The van der Waals surface area contributed by atoms with Gasteiger partial charge in [0, 0.05) is 27.3 Å². The summed E-state index contributed by atoms with van der Waals surface area (Å²) < 4.78 is 6.79. The molecule has 2 heterocycles. The van der Waals surface area contributed by atoms with E-state index in [1.807, 2.05) is 42.5 Å². The fourth-order valence-electron chi connectivity index (χ4n) is 3.37. The molecule has 0 saturated carbocycles. The van der Waals surface area contributed by atoms with E-state index >= 15 is 0 Å². The minimum atomic E-state index is -0.0446. The summed E-state index contributed by atoms with van der Waals surface area (Å²) in [6.07, 6.45) is 2.04. The largest absolute Gasteiger partial charge is 0.376 e. The van der Waals surface area contributed by atoms with Gasteiger partial charge in [-0.1, -0.05) is 42.9 Å². The number of carbonyl (C=O) groups is 1. The zero-order valence-corrected chi connectivity index (χ0v) is 18.8. The van der Waals surface area contributed by atoms with E-state index in [-0.39, 0.29) is 12.0 Å². The van der Waals surface area contributed by atoms with Crippen LogP contribution in [0.3, 0.4) is 0 Å². The molecule has 7 heteroatoms. The molecule has 1 fully saturated rings. The van der Waals surface area contributed by atoms with Crippen LogP contribution in [-0.2, 0) is 4.74 Å². The maximum Gasteiger partial charge on any atom is 0.260 e. The summed E-state index contributed by atoms with van der Waals surface area (Å²) in [4.78, 5) is 21.1. The Hall–Kier alpha value is -1.60. The second kappa shape index (κ2) is 9.04. The highest BCUT2D eigenvalue weighted by Crippen LogP contribution is 2.33. The minimum absolute atomic E-state index is 0.0442. The molecule has 1 atom stereocenters. The molecule has 1 aromatic heterocycles. The molecule has 0 aliphatic carbocycles. The predicted octanol–water partition coefficient (Wildman–Crippen LogP) is 6.28. The van der Waals surface area contributed by atoms with E-state index in [1.165, 1.54) is 11.3 Å². The van der Waals surface area contributed by atoms with Gasteiger partial charge in [-0.3, -0.25) is 9.69 Å². The van der Waals surface area contributed by atoms with Crippen LogP contribution in [0.4, 0.5) is 5.13 Å². The maximum absolute atomic E-state index is 13.5. The van der Waals surface area contributed by atoms with Gasteiger partial charge in [0.2, 0.25) is 0 Å². The Balaban J connectivity index is 1.68. The van der Waals surface area contributed by atoms with Crippen molar-refractivity contribution in [3.8, 4) is 0 Å². The lowest BCUT2D eigenvalue weighted by atomic mass is 10.2. The van der Waals surface area contributed by atoms with Gasteiger partial charge in [-0.15, -0.1) is 11.8 Å². The standard InChI is InChI=1S/C22H23ClN2O2S2/c1-14(2)28-18-7-3-5-15(11-18)21(26)25(13-17-6-4-10-27-17)22-24-19-9-8-16(23)12-20(19)29-22/h3,5,7-9,11-12,14,17H,4,6,10,13H2,1-2H3. The van der Waals surface area contributed by atoms with Gasteiger partial charge in [-0.25, -0.2) is 4.98 Å². The third-order valence-corrected chi connectivity index (χ3v) is 6.95. The highest BCUT2D eigenvalue weighted by Gasteiger charge is 2.27. The fourth-order valence-corrected chi connectivity index (χ4v) is 5.52. The van der Waals surface area contributed by atoms with Gasteiger partial charge in [0.05, 0.1) is 22.9 Å². The lowest BCUT2D eigenvalue weighted by Gasteiger charge is -2.23. The van der Waals surface area contributed by atoms with Gasteiger partial charge >= 0.3 is 0 Å². The maximum atomic E-state index is 13.5. The second-order valence-corrected chi connectivity index (χ2v) is 10.4. The van der Waals surface area contributed by atoms with Crippen molar-refractivity contribution in [2.75, 3.05) is 18.1 Å². The minimum Gasteiger partial charge on any atom is -0.376 e. The van der Waals surface area contributed by atoms with E-state index in [9.17, 15) is 4.79 Å². The van der Waals surface area contributed by atoms with Crippen LogP contribution < -0.4 is 4.90 Å². The number of carbonyl (C=O) groups excluding carboxylic acids is 1. The quantitative estimate of drug-likeness (QED) is 0.418. The number of aromatic nitrogens is 1. The molecule has 0 N–H and O–H groups in total. The molecule has 0 spiro atoms. The van der Waals surface area contributed by atoms with Crippen LogP contribution in [0.25, 0.3) is 10.2 Å². The summed E-state index contributed by atoms with van der Waals surface area (Å²) in [5.41, 5.74) is 1.52. The number of hydrogen-bond donors (Lipinski definition) is 0. The number of anilines is 1. The Morgan fingerprint density at radius 1 is 1.34 bits per heavy atom.